The van der Waals surface area contributed by atoms with Crippen LogP contribution >= 0.6 is 23.4 Å². The van der Waals surface area contributed by atoms with E-state index in [0.717, 1.165) is 23.9 Å². The molecule has 4 aromatic rings. The number of amides is 3. The van der Waals surface area contributed by atoms with Crippen molar-refractivity contribution >= 4 is 58.5 Å². The molecule has 0 saturated carbocycles. The normalized spacial score (nSPS) is 12.3. The Bertz CT molecular complexity index is 1630. The molecule has 3 N–H and O–H groups in total. The molecule has 0 aliphatic heterocycles. The fraction of sp³-hybridized carbons (Fsp3) is 0.0938. The molecule has 6 nitrogen and oxygen atoms in total. The second-order valence-electron chi connectivity index (χ2n) is 9.20. The van der Waals surface area contributed by atoms with Crippen LogP contribution in [0.15, 0.2) is 114 Å². The Hall–Kier alpha value is -4.54. The van der Waals surface area contributed by atoms with Crippen LogP contribution in [0, 0.1) is 0 Å². The van der Waals surface area contributed by atoms with Gasteiger partial charge in [0.05, 0.1) is 16.5 Å². The van der Waals surface area contributed by atoms with Gasteiger partial charge in [0.25, 0.3) is 11.8 Å². The largest absolute Gasteiger partial charge is 0.418 e. The zero-order chi connectivity index (χ0) is 31.0. The van der Waals surface area contributed by atoms with Crippen molar-refractivity contribution in [3.8, 4) is 0 Å². The van der Waals surface area contributed by atoms with Crippen molar-refractivity contribution in [1.29, 1.82) is 0 Å². The van der Waals surface area contributed by atoms with E-state index in [1.54, 1.807) is 79.7 Å². The molecule has 220 valence electrons. The van der Waals surface area contributed by atoms with E-state index in [1.165, 1.54) is 6.07 Å². The number of hydrogen-bond donors (Lipinski definition) is 3. The van der Waals surface area contributed by atoms with E-state index in [9.17, 15) is 27.6 Å². The molecule has 0 aliphatic carbocycles. The molecule has 4 rings (SSSR count). The maximum Gasteiger partial charge on any atom is 0.418 e. The summed E-state index contributed by atoms with van der Waals surface area (Å²) < 4.78 is 40.2. The number of hydrogen-bond acceptors (Lipinski definition) is 4. The van der Waals surface area contributed by atoms with Crippen LogP contribution in [0.2, 0.25) is 5.02 Å². The number of halogens is 4. The Morgan fingerprint density at radius 1 is 0.837 bits per heavy atom. The van der Waals surface area contributed by atoms with Crippen molar-refractivity contribution < 1.29 is 27.6 Å². The molecule has 4 aromatic carbocycles. The Morgan fingerprint density at radius 2 is 1.47 bits per heavy atom. The highest BCUT2D eigenvalue weighted by atomic mass is 35.5. The van der Waals surface area contributed by atoms with Crippen molar-refractivity contribution in [3.05, 3.63) is 131 Å². The van der Waals surface area contributed by atoms with Crippen molar-refractivity contribution in [1.82, 2.24) is 5.32 Å². The molecule has 0 bridgehead atoms. The summed E-state index contributed by atoms with van der Waals surface area (Å²) in [6, 6.07) is 27.2. The Labute approximate surface area is 255 Å². The number of rotatable bonds is 9. The first-order valence-electron chi connectivity index (χ1n) is 12.9. The fourth-order valence-corrected chi connectivity index (χ4v) is 4.87. The molecular weight excluding hydrogens is 599 g/mol. The van der Waals surface area contributed by atoms with Crippen LogP contribution < -0.4 is 16.0 Å². The molecule has 0 radical (unpaired) electrons. The summed E-state index contributed by atoms with van der Waals surface area (Å²) in [5.41, 5.74) is 0.137. The number of nitrogens with one attached hydrogen (secondary N) is 3. The van der Waals surface area contributed by atoms with Gasteiger partial charge in [-0.25, -0.2) is 0 Å². The van der Waals surface area contributed by atoms with Gasteiger partial charge in [-0.2, -0.15) is 13.2 Å². The SMILES string of the molecule is CC(Sc1ccc(NC(=O)/C(=C/c2ccccc2)NC(=O)c2ccccc2)cc1)C(=O)Nc1ccc(Cl)cc1C(F)(F)F. The summed E-state index contributed by atoms with van der Waals surface area (Å²) in [5, 5.41) is 6.91. The number of benzene rings is 4. The highest BCUT2D eigenvalue weighted by Gasteiger charge is 2.34. The van der Waals surface area contributed by atoms with Crippen LogP contribution in [0.5, 0.6) is 0 Å². The highest BCUT2D eigenvalue weighted by molar-refractivity contribution is 8.00. The first-order valence-corrected chi connectivity index (χ1v) is 14.1. The van der Waals surface area contributed by atoms with E-state index in [0.29, 0.717) is 21.7 Å². The van der Waals surface area contributed by atoms with E-state index in [-0.39, 0.29) is 16.4 Å². The summed E-state index contributed by atoms with van der Waals surface area (Å²) >= 11 is 6.84. The topological polar surface area (TPSA) is 87.3 Å². The average Bonchev–Trinajstić information content (AvgIpc) is 2.99. The van der Waals surface area contributed by atoms with Crippen molar-refractivity contribution in [2.75, 3.05) is 10.6 Å². The third kappa shape index (κ3) is 8.97. The van der Waals surface area contributed by atoms with E-state index >= 15 is 0 Å². The molecular formula is C32H25ClF3N3O3S. The Morgan fingerprint density at radius 3 is 2.09 bits per heavy atom. The molecule has 0 aromatic heterocycles. The predicted octanol–water partition coefficient (Wildman–Crippen LogP) is 7.89. The maximum atomic E-state index is 13.4. The van der Waals surface area contributed by atoms with Crippen LogP contribution in [0.4, 0.5) is 24.5 Å². The van der Waals surface area contributed by atoms with Gasteiger partial charge in [0.15, 0.2) is 0 Å². The van der Waals surface area contributed by atoms with Crippen LogP contribution in [-0.4, -0.2) is 23.0 Å². The van der Waals surface area contributed by atoms with Gasteiger partial charge in [0, 0.05) is 21.2 Å². The van der Waals surface area contributed by atoms with Crippen molar-refractivity contribution in [2.24, 2.45) is 0 Å². The number of carbonyl (C=O) groups is 3. The second kappa shape index (κ2) is 14.1. The Kier molecular flexibility index (Phi) is 10.3. The third-order valence-electron chi connectivity index (χ3n) is 5.98. The molecule has 0 spiro atoms. The highest BCUT2D eigenvalue weighted by Crippen LogP contribution is 2.37. The minimum atomic E-state index is -4.69. The minimum Gasteiger partial charge on any atom is -0.325 e. The van der Waals surface area contributed by atoms with Gasteiger partial charge >= 0.3 is 6.18 Å². The van der Waals surface area contributed by atoms with E-state index in [1.807, 2.05) is 18.2 Å². The smallest absolute Gasteiger partial charge is 0.325 e. The van der Waals surface area contributed by atoms with Crippen LogP contribution in [0.25, 0.3) is 6.08 Å². The monoisotopic (exact) mass is 623 g/mol. The lowest BCUT2D eigenvalue weighted by Crippen LogP contribution is -2.30. The van der Waals surface area contributed by atoms with Gasteiger partial charge in [-0.15, -0.1) is 11.8 Å². The van der Waals surface area contributed by atoms with E-state index in [4.69, 9.17) is 11.6 Å². The number of thioether (sulfide) groups is 1. The van der Waals surface area contributed by atoms with Crippen molar-refractivity contribution in [3.63, 3.8) is 0 Å². The standard InChI is InChI=1S/C32H25ClF3N3O3S/c1-20(29(40)38-27-17-12-23(33)19-26(27)32(34,35)36)43-25-15-13-24(14-16-25)37-31(42)28(18-21-8-4-2-5-9-21)39-30(41)22-10-6-3-7-11-22/h2-20H,1H3,(H,37,42)(H,38,40)(H,39,41)/b28-18-. The van der Waals surface area contributed by atoms with Gasteiger partial charge in [0.2, 0.25) is 5.91 Å². The molecule has 0 saturated heterocycles. The molecule has 0 heterocycles. The quantitative estimate of drug-likeness (QED) is 0.131. The zero-order valence-electron chi connectivity index (χ0n) is 22.6. The molecule has 0 aliphatic rings. The summed E-state index contributed by atoms with van der Waals surface area (Å²) in [6.45, 7) is 1.56. The van der Waals surface area contributed by atoms with Gasteiger partial charge in [-0.05, 0) is 73.2 Å². The predicted molar refractivity (Wildman–Crippen MR) is 164 cm³/mol. The molecule has 3 amide bonds. The second-order valence-corrected chi connectivity index (χ2v) is 11.1. The Balaban J connectivity index is 1.42. The number of carbonyl (C=O) groups excluding carboxylic acids is 3. The van der Waals surface area contributed by atoms with Gasteiger partial charge in [-0.3, -0.25) is 14.4 Å². The number of alkyl halides is 3. The fourth-order valence-electron chi connectivity index (χ4n) is 3.83. The molecule has 11 heteroatoms. The van der Waals surface area contributed by atoms with Gasteiger partial charge < -0.3 is 16.0 Å². The first kappa shape index (κ1) is 31.4. The average molecular weight is 624 g/mol. The summed E-state index contributed by atoms with van der Waals surface area (Å²) in [7, 11) is 0. The molecule has 0 fully saturated rings. The molecule has 43 heavy (non-hydrogen) atoms. The third-order valence-corrected chi connectivity index (χ3v) is 7.33. The number of anilines is 2. The summed E-state index contributed by atoms with van der Waals surface area (Å²) in [4.78, 5) is 39.3. The van der Waals surface area contributed by atoms with Gasteiger partial charge in [0.1, 0.15) is 5.70 Å². The van der Waals surface area contributed by atoms with Crippen LogP contribution in [0.3, 0.4) is 0 Å². The van der Waals surface area contributed by atoms with Gasteiger partial charge in [-0.1, -0.05) is 60.1 Å². The minimum absolute atomic E-state index is 0.0317. The van der Waals surface area contributed by atoms with Crippen molar-refractivity contribution in [2.45, 2.75) is 23.2 Å². The van der Waals surface area contributed by atoms with Crippen LogP contribution in [0.1, 0.15) is 28.4 Å². The van der Waals surface area contributed by atoms with Crippen LogP contribution in [-0.2, 0) is 15.8 Å². The maximum absolute atomic E-state index is 13.4. The van der Waals surface area contributed by atoms with E-state index < -0.39 is 34.7 Å². The lowest BCUT2D eigenvalue weighted by atomic mass is 10.1. The molecule has 1 atom stereocenters. The zero-order valence-corrected chi connectivity index (χ0v) is 24.2. The summed E-state index contributed by atoms with van der Waals surface area (Å²) in [6.07, 6.45) is -3.13. The first-order chi connectivity index (χ1) is 20.5. The molecule has 1 unspecified atom stereocenters. The lowest BCUT2D eigenvalue weighted by molar-refractivity contribution is -0.137. The lowest BCUT2D eigenvalue weighted by Gasteiger charge is -2.17. The van der Waals surface area contributed by atoms with E-state index in [2.05, 4.69) is 16.0 Å². The summed E-state index contributed by atoms with van der Waals surface area (Å²) in [5.74, 6) is -1.62.